The van der Waals surface area contributed by atoms with Crippen molar-refractivity contribution in [2.75, 3.05) is 25.6 Å². The molecule has 0 saturated heterocycles. The molecule has 1 unspecified atom stereocenters. The Kier molecular flexibility index (Phi) is 7.68. The van der Waals surface area contributed by atoms with Gasteiger partial charge in [-0.2, -0.15) is 0 Å². The lowest BCUT2D eigenvalue weighted by atomic mass is 9.88. The highest BCUT2D eigenvalue weighted by atomic mass is 32.1. The lowest BCUT2D eigenvalue weighted by Crippen LogP contribution is -2.22. The van der Waals surface area contributed by atoms with Crippen molar-refractivity contribution in [3.05, 3.63) is 37.4 Å². The normalized spacial score (nSPS) is 14.9. The van der Waals surface area contributed by atoms with E-state index < -0.39 is 24.5 Å². The third-order valence-corrected chi connectivity index (χ3v) is 7.53. The van der Waals surface area contributed by atoms with Gasteiger partial charge in [0, 0.05) is 17.3 Å². The molecule has 2 aromatic rings. The molecule has 2 N–H and O–H groups in total. The Balaban J connectivity index is 1.70. The largest absolute Gasteiger partial charge is 0.462 e. The zero-order chi connectivity index (χ0) is 23.4. The number of hydrogen-bond donors (Lipinski definition) is 2. The first-order valence-corrected chi connectivity index (χ1v) is 12.0. The first kappa shape index (κ1) is 23.9. The van der Waals surface area contributed by atoms with Gasteiger partial charge in [0.15, 0.2) is 6.61 Å². The smallest absolute Gasteiger partial charge is 0.341 e. The van der Waals surface area contributed by atoms with Crippen LogP contribution in [0.1, 0.15) is 66.7 Å². The van der Waals surface area contributed by atoms with Crippen LogP contribution in [-0.2, 0) is 27.1 Å². The molecule has 32 heavy (non-hydrogen) atoms. The molecule has 1 atom stereocenters. The quantitative estimate of drug-likeness (QED) is 0.589. The van der Waals surface area contributed by atoms with E-state index >= 15 is 0 Å². The van der Waals surface area contributed by atoms with E-state index in [0.29, 0.717) is 21.9 Å². The van der Waals surface area contributed by atoms with Crippen LogP contribution in [0.5, 0.6) is 0 Å². The molecule has 0 saturated carbocycles. The van der Waals surface area contributed by atoms with Crippen LogP contribution < -0.4 is 10.6 Å². The van der Waals surface area contributed by atoms with E-state index in [1.165, 1.54) is 11.9 Å². The Labute approximate surface area is 194 Å². The Bertz CT molecular complexity index is 1060. The van der Waals surface area contributed by atoms with Crippen molar-refractivity contribution in [2.45, 2.75) is 40.0 Å². The van der Waals surface area contributed by atoms with Crippen LogP contribution in [0.25, 0.3) is 0 Å². The van der Waals surface area contributed by atoms with Crippen LogP contribution in [0.3, 0.4) is 0 Å². The Morgan fingerprint density at radius 1 is 1.19 bits per heavy atom. The number of ether oxygens (including phenoxy) is 2. The standard InChI is InChI=1S/C22H26N2O6S2/c1-5-29-22(28)17-12(3)18(19(26)23-4)32-20(17)24-16(25)9-30-21(27)14-10-31-15-8-11(2)6-7-13(14)15/h10-11H,5-9H2,1-4H3,(H,23,26)(H,24,25). The van der Waals surface area contributed by atoms with E-state index in [-0.39, 0.29) is 23.1 Å². The summed E-state index contributed by atoms with van der Waals surface area (Å²) in [6.45, 7) is 5.12. The average Bonchev–Trinajstić information content (AvgIpc) is 3.32. The average molecular weight is 479 g/mol. The number of anilines is 1. The summed E-state index contributed by atoms with van der Waals surface area (Å²) in [5.41, 5.74) is 2.08. The number of nitrogens with one attached hydrogen (secondary N) is 2. The number of amides is 2. The van der Waals surface area contributed by atoms with Gasteiger partial charge in [0.2, 0.25) is 0 Å². The molecule has 0 aliphatic heterocycles. The van der Waals surface area contributed by atoms with Crippen molar-refractivity contribution >= 4 is 51.4 Å². The highest BCUT2D eigenvalue weighted by Crippen LogP contribution is 2.34. The number of hydrogen-bond acceptors (Lipinski definition) is 8. The first-order valence-electron chi connectivity index (χ1n) is 10.4. The molecule has 0 fully saturated rings. The van der Waals surface area contributed by atoms with E-state index in [9.17, 15) is 19.2 Å². The third kappa shape index (κ3) is 5.02. The molecule has 1 aliphatic carbocycles. The third-order valence-electron chi connectivity index (χ3n) is 5.27. The molecule has 0 spiro atoms. The second kappa shape index (κ2) is 10.3. The minimum atomic E-state index is -0.636. The Hall–Kier alpha value is -2.72. The highest BCUT2D eigenvalue weighted by molar-refractivity contribution is 7.18. The molecular formula is C22H26N2O6S2. The van der Waals surface area contributed by atoms with Gasteiger partial charge in [0.25, 0.3) is 11.8 Å². The summed E-state index contributed by atoms with van der Waals surface area (Å²) in [7, 11) is 1.48. The summed E-state index contributed by atoms with van der Waals surface area (Å²) in [6, 6.07) is 0. The molecule has 0 radical (unpaired) electrons. The molecular weight excluding hydrogens is 452 g/mol. The molecule has 3 rings (SSSR count). The molecule has 8 nitrogen and oxygen atoms in total. The van der Waals surface area contributed by atoms with Crippen molar-refractivity contribution in [1.82, 2.24) is 5.32 Å². The highest BCUT2D eigenvalue weighted by Gasteiger charge is 2.27. The van der Waals surface area contributed by atoms with E-state index in [1.54, 1.807) is 30.6 Å². The van der Waals surface area contributed by atoms with Crippen LogP contribution in [-0.4, -0.2) is 44.0 Å². The van der Waals surface area contributed by atoms with E-state index in [0.717, 1.165) is 36.2 Å². The molecule has 0 bridgehead atoms. The summed E-state index contributed by atoms with van der Waals surface area (Å²) >= 11 is 2.52. The van der Waals surface area contributed by atoms with Crippen LogP contribution in [0.4, 0.5) is 5.00 Å². The van der Waals surface area contributed by atoms with Gasteiger partial charge in [-0.15, -0.1) is 22.7 Å². The van der Waals surface area contributed by atoms with E-state index in [1.807, 2.05) is 0 Å². The van der Waals surface area contributed by atoms with Crippen LogP contribution >= 0.6 is 22.7 Å². The monoisotopic (exact) mass is 478 g/mol. The van der Waals surface area contributed by atoms with E-state index in [2.05, 4.69) is 17.6 Å². The minimum absolute atomic E-state index is 0.121. The van der Waals surface area contributed by atoms with Crippen molar-refractivity contribution < 1.29 is 28.7 Å². The second-order valence-corrected chi connectivity index (χ2v) is 9.57. The SMILES string of the molecule is CCOC(=O)c1c(NC(=O)COC(=O)c2csc3c2CCC(C)C3)sc(C(=O)NC)c1C. The minimum Gasteiger partial charge on any atom is -0.462 e. The van der Waals surface area contributed by atoms with Crippen LogP contribution in [0.15, 0.2) is 5.38 Å². The molecule has 1 aliphatic rings. The topological polar surface area (TPSA) is 111 Å². The number of rotatable bonds is 7. The summed E-state index contributed by atoms with van der Waals surface area (Å²) in [5.74, 6) is -1.56. The zero-order valence-electron chi connectivity index (χ0n) is 18.5. The van der Waals surface area contributed by atoms with Crippen molar-refractivity contribution in [2.24, 2.45) is 5.92 Å². The Morgan fingerprint density at radius 3 is 2.62 bits per heavy atom. The number of carbonyl (C=O) groups is 4. The molecule has 2 heterocycles. The number of esters is 2. The summed E-state index contributed by atoms with van der Waals surface area (Å²) in [5, 5.41) is 7.07. The summed E-state index contributed by atoms with van der Waals surface area (Å²) in [4.78, 5) is 51.0. The lowest BCUT2D eigenvalue weighted by molar-refractivity contribution is -0.119. The molecule has 2 amide bonds. The number of fused-ring (bicyclic) bond motifs is 1. The van der Waals surface area contributed by atoms with Gasteiger partial charge in [-0.25, -0.2) is 9.59 Å². The molecule has 2 aromatic heterocycles. The summed E-state index contributed by atoms with van der Waals surface area (Å²) < 4.78 is 10.3. The van der Waals surface area contributed by atoms with E-state index in [4.69, 9.17) is 9.47 Å². The fourth-order valence-electron chi connectivity index (χ4n) is 3.60. The van der Waals surface area contributed by atoms with Crippen molar-refractivity contribution in [1.29, 1.82) is 0 Å². The molecule has 172 valence electrons. The van der Waals surface area contributed by atoms with Gasteiger partial charge in [-0.3, -0.25) is 9.59 Å². The van der Waals surface area contributed by atoms with Crippen molar-refractivity contribution in [3.8, 4) is 0 Å². The molecule has 0 aromatic carbocycles. The van der Waals surface area contributed by atoms with Gasteiger partial charge in [-0.1, -0.05) is 6.92 Å². The van der Waals surface area contributed by atoms with Gasteiger partial charge >= 0.3 is 11.9 Å². The van der Waals surface area contributed by atoms with Crippen LogP contribution in [0.2, 0.25) is 0 Å². The maximum Gasteiger partial charge on any atom is 0.341 e. The van der Waals surface area contributed by atoms with Gasteiger partial charge in [-0.05, 0) is 50.2 Å². The first-order chi connectivity index (χ1) is 15.3. The summed E-state index contributed by atoms with van der Waals surface area (Å²) in [6.07, 6.45) is 2.80. The van der Waals surface area contributed by atoms with Crippen molar-refractivity contribution in [3.63, 3.8) is 0 Å². The van der Waals surface area contributed by atoms with Gasteiger partial charge < -0.3 is 20.1 Å². The Morgan fingerprint density at radius 2 is 1.94 bits per heavy atom. The van der Waals surface area contributed by atoms with Gasteiger partial charge in [0.1, 0.15) is 5.00 Å². The maximum atomic E-state index is 12.5. The fourth-order valence-corrected chi connectivity index (χ4v) is 5.99. The predicted octanol–water partition coefficient (Wildman–Crippen LogP) is 3.57. The molecule has 10 heteroatoms. The van der Waals surface area contributed by atoms with Gasteiger partial charge in [0.05, 0.1) is 22.6 Å². The van der Waals surface area contributed by atoms with Crippen LogP contribution in [0, 0.1) is 12.8 Å². The number of thiophene rings is 2. The lowest BCUT2D eigenvalue weighted by Gasteiger charge is -2.18. The second-order valence-electron chi connectivity index (χ2n) is 7.58. The zero-order valence-corrected chi connectivity index (χ0v) is 20.1. The predicted molar refractivity (Wildman–Crippen MR) is 123 cm³/mol. The maximum absolute atomic E-state index is 12.5. The number of carbonyl (C=O) groups excluding carboxylic acids is 4. The fraction of sp³-hybridized carbons (Fsp3) is 0.455.